The Balaban J connectivity index is 1.47. The maximum atomic E-state index is 14.1. The molecule has 0 amide bonds. The Hall–Kier alpha value is -1.76. The summed E-state index contributed by atoms with van der Waals surface area (Å²) in [5.41, 5.74) is 1.65. The van der Waals surface area contributed by atoms with Crippen LogP contribution in [0.2, 0.25) is 0 Å². The number of halogens is 1. The van der Waals surface area contributed by atoms with Gasteiger partial charge in [-0.1, -0.05) is 48.5 Å². The Bertz CT molecular complexity index is 884. The molecule has 2 aromatic carbocycles. The van der Waals surface area contributed by atoms with E-state index in [2.05, 4.69) is 17.0 Å². The van der Waals surface area contributed by atoms with Crippen molar-refractivity contribution in [2.24, 2.45) is 0 Å². The fourth-order valence-electron chi connectivity index (χ4n) is 3.80. The highest BCUT2D eigenvalue weighted by Crippen LogP contribution is 2.34. The Morgan fingerprint density at radius 3 is 2.41 bits per heavy atom. The average molecular weight is 389 g/mol. The highest BCUT2D eigenvalue weighted by molar-refractivity contribution is 7.89. The molecule has 2 aliphatic rings. The van der Waals surface area contributed by atoms with Gasteiger partial charge >= 0.3 is 0 Å². The SMILES string of the molecule is O=S(=O)(C1CCN(Cc2ccccc2)C1)N(Cc1ccccc1F)C1CC1. The first-order valence-corrected chi connectivity index (χ1v) is 11.0. The molecule has 4 rings (SSSR count). The molecule has 1 saturated heterocycles. The summed E-state index contributed by atoms with van der Waals surface area (Å²) in [7, 11) is -3.45. The lowest BCUT2D eigenvalue weighted by Gasteiger charge is -2.26. The zero-order chi connectivity index (χ0) is 18.9. The van der Waals surface area contributed by atoms with Gasteiger partial charge in [-0.05, 0) is 37.4 Å². The van der Waals surface area contributed by atoms with E-state index in [4.69, 9.17) is 0 Å². The molecule has 27 heavy (non-hydrogen) atoms. The molecular formula is C21H25FN2O2S. The van der Waals surface area contributed by atoms with Gasteiger partial charge in [-0.25, -0.2) is 12.8 Å². The van der Waals surface area contributed by atoms with Gasteiger partial charge in [-0.15, -0.1) is 0 Å². The summed E-state index contributed by atoms with van der Waals surface area (Å²) >= 11 is 0. The third-order valence-electron chi connectivity index (χ3n) is 5.46. The van der Waals surface area contributed by atoms with Crippen molar-refractivity contribution >= 4 is 10.0 Å². The van der Waals surface area contributed by atoms with E-state index in [9.17, 15) is 12.8 Å². The van der Waals surface area contributed by atoms with Crippen LogP contribution in [-0.4, -0.2) is 42.0 Å². The normalized spacial score (nSPS) is 21.0. The molecule has 1 heterocycles. The van der Waals surface area contributed by atoms with Crippen LogP contribution in [0.4, 0.5) is 4.39 Å². The topological polar surface area (TPSA) is 40.6 Å². The van der Waals surface area contributed by atoms with Gasteiger partial charge in [0.15, 0.2) is 0 Å². The molecule has 2 aromatic rings. The molecule has 0 N–H and O–H groups in total. The maximum Gasteiger partial charge on any atom is 0.218 e. The molecule has 0 bridgehead atoms. The van der Waals surface area contributed by atoms with Crippen molar-refractivity contribution < 1.29 is 12.8 Å². The number of hydrogen-bond donors (Lipinski definition) is 0. The van der Waals surface area contributed by atoms with Crippen molar-refractivity contribution in [3.8, 4) is 0 Å². The summed E-state index contributed by atoms with van der Waals surface area (Å²) in [6.07, 6.45) is 2.37. The van der Waals surface area contributed by atoms with E-state index in [1.807, 2.05) is 18.2 Å². The Kier molecular flexibility index (Phi) is 5.30. The minimum atomic E-state index is -3.45. The minimum Gasteiger partial charge on any atom is -0.298 e. The molecule has 0 aromatic heterocycles. The minimum absolute atomic E-state index is 0.0257. The van der Waals surface area contributed by atoms with Gasteiger partial charge in [-0.2, -0.15) is 4.31 Å². The monoisotopic (exact) mass is 388 g/mol. The van der Waals surface area contributed by atoms with Crippen molar-refractivity contribution in [1.29, 1.82) is 0 Å². The standard InChI is InChI=1S/C21H25FN2O2S/c22-21-9-5-4-8-18(21)15-24(19-10-11-19)27(25,26)20-12-13-23(16-20)14-17-6-2-1-3-7-17/h1-9,19-20H,10-16H2. The lowest BCUT2D eigenvalue weighted by Crippen LogP contribution is -2.41. The second-order valence-electron chi connectivity index (χ2n) is 7.54. The fourth-order valence-corrected chi connectivity index (χ4v) is 5.93. The first-order valence-electron chi connectivity index (χ1n) is 9.54. The molecule has 4 nitrogen and oxygen atoms in total. The smallest absolute Gasteiger partial charge is 0.218 e. The summed E-state index contributed by atoms with van der Waals surface area (Å²) in [5, 5.41) is -0.409. The molecule has 1 aliphatic carbocycles. The largest absolute Gasteiger partial charge is 0.298 e. The van der Waals surface area contributed by atoms with E-state index in [0.29, 0.717) is 18.5 Å². The highest BCUT2D eigenvalue weighted by Gasteiger charge is 2.43. The lowest BCUT2D eigenvalue weighted by atomic mass is 10.2. The van der Waals surface area contributed by atoms with Crippen LogP contribution in [0, 0.1) is 5.82 Å². The average Bonchev–Trinajstić information content (AvgIpc) is 3.39. The van der Waals surface area contributed by atoms with Crippen LogP contribution in [0.25, 0.3) is 0 Å². The van der Waals surface area contributed by atoms with Gasteiger partial charge in [0.05, 0.1) is 5.25 Å². The zero-order valence-corrected chi connectivity index (χ0v) is 16.1. The number of benzene rings is 2. The van der Waals surface area contributed by atoms with Gasteiger partial charge in [-0.3, -0.25) is 4.90 Å². The van der Waals surface area contributed by atoms with Crippen LogP contribution in [0.15, 0.2) is 54.6 Å². The van der Waals surface area contributed by atoms with E-state index >= 15 is 0 Å². The van der Waals surface area contributed by atoms with Crippen LogP contribution < -0.4 is 0 Å². The Morgan fingerprint density at radius 2 is 1.70 bits per heavy atom. The molecule has 1 saturated carbocycles. The first-order chi connectivity index (χ1) is 13.0. The van der Waals surface area contributed by atoms with E-state index in [-0.39, 0.29) is 18.4 Å². The fraction of sp³-hybridized carbons (Fsp3) is 0.429. The molecule has 0 radical (unpaired) electrons. The Morgan fingerprint density at radius 1 is 1.00 bits per heavy atom. The summed E-state index contributed by atoms with van der Waals surface area (Å²) in [4.78, 5) is 2.20. The number of likely N-dealkylation sites (tertiary alicyclic amines) is 1. The van der Waals surface area contributed by atoms with Gasteiger partial charge in [0, 0.05) is 31.2 Å². The van der Waals surface area contributed by atoms with E-state index < -0.39 is 15.3 Å². The van der Waals surface area contributed by atoms with E-state index in [1.54, 1.807) is 22.5 Å². The van der Waals surface area contributed by atoms with Gasteiger partial charge in [0.2, 0.25) is 10.0 Å². The molecule has 1 aliphatic heterocycles. The second kappa shape index (κ2) is 7.70. The third kappa shape index (κ3) is 4.23. The molecule has 1 atom stereocenters. The summed E-state index contributed by atoms with van der Waals surface area (Å²) in [5.74, 6) is -0.338. The predicted octanol–water partition coefficient (Wildman–Crippen LogP) is 3.39. The summed E-state index contributed by atoms with van der Waals surface area (Å²) in [6.45, 7) is 2.22. The molecule has 6 heteroatoms. The van der Waals surface area contributed by atoms with Gasteiger partial charge in [0.1, 0.15) is 5.82 Å². The van der Waals surface area contributed by atoms with Crippen LogP contribution in [-0.2, 0) is 23.1 Å². The van der Waals surface area contributed by atoms with Gasteiger partial charge in [0.25, 0.3) is 0 Å². The molecule has 144 valence electrons. The number of nitrogens with zero attached hydrogens (tertiary/aromatic N) is 2. The summed E-state index contributed by atoms with van der Waals surface area (Å²) in [6, 6.07) is 16.6. The Labute approximate surface area is 160 Å². The third-order valence-corrected chi connectivity index (χ3v) is 7.77. The quantitative estimate of drug-likeness (QED) is 0.730. The molecule has 1 unspecified atom stereocenters. The van der Waals surface area contributed by atoms with Crippen molar-refractivity contribution in [3.63, 3.8) is 0 Å². The second-order valence-corrected chi connectivity index (χ2v) is 9.71. The van der Waals surface area contributed by atoms with Crippen LogP contribution in [0.3, 0.4) is 0 Å². The van der Waals surface area contributed by atoms with Crippen molar-refractivity contribution in [2.45, 2.75) is 43.6 Å². The van der Waals surface area contributed by atoms with Crippen molar-refractivity contribution in [2.75, 3.05) is 13.1 Å². The van der Waals surface area contributed by atoms with Crippen LogP contribution in [0.5, 0.6) is 0 Å². The van der Waals surface area contributed by atoms with Crippen molar-refractivity contribution in [1.82, 2.24) is 9.21 Å². The molecule has 2 fully saturated rings. The van der Waals surface area contributed by atoms with Crippen LogP contribution >= 0.6 is 0 Å². The molecular weight excluding hydrogens is 363 g/mol. The molecule has 0 spiro atoms. The van der Waals surface area contributed by atoms with E-state index in [1.165, 1.54) is 11.6 Å². The first kappa shape index (κ1) is 18.6. The van der Waals surface area contributed by atoms with Gasteiger partial charge < -0.3 is 0 Å². The van der Waals surface area contributed by atoms with Crippen molar-refractivity contribution in [3.05, 3.63) is 71.5 Å². The predicted molar refractivity (Wildman–Crippen MR) is 104 cm³/mol. The zero-order valence-electron chi connectivity index (χ0n) is 15.3. The lowest BCUT2D eigenvalue weighted by molar-refractivity contribution is 0.328. The number of rotatable bonds is 7. The highest BCUT2D eigenvalue weighted by atomic mass is 32.2. The maximum absolute atomic E-state index is 14.1. The van der Waals surface area contributed by atoms with Crippen LogP contribution in [0.1, 0.15) is 30.4 Å². The van der Waals surface area contributed by atoms with E-state index in [0.717, 1.165) is 25.9 Å². The number of sulfonamides is 1. The summed E-state index contributed by atoms with van der Waals surface area (Å²) < 4.78 is 42.2. The number of hydrogen-bond acceptors (Lipinski definition) is 3.